The Hall–Kier alpha value is -2.91. The fourth-order valence-corrected chi connectivity index (χ4v) is 7.26. The highest BCUT2D eigenvalue weighted by atomic mass is 32.2. The quantitative estimate of drug-likeness (QED) is 0.208. The van der Waals surface area contributed by atoms with E-state index in [0.717, 1.165) is 0 Å². The van der Waals surface area contributed by atoms with Gasteiger partial charge < -0.3 is 4.48 Å². The van der Waals surface area contributed by atoms with Gasteiger partial charge in [0.1, 0.15) is 0 Å². The predicted molar refractivity (Wildman–Crippen MR) is 153 cm³/mol. The van der Waals surface area contributed by atoms with E-state index in [4.69, 9.17) is 0 Å². The highest BCUT2D eigenvalue weighted by Crippen LogP contribution is 2.44. The van der Waals surface area contributed by atoms with Crippen molar-refractivity contribution in [1.29, 1.82) is 0 Å². The van der Waals surface area contributed by atoms with Gasteiger partial charge >= 0.3 is 6.85 Å². The van der Waals surface area contributed by atoms with E-state index < -0.39 is 0 Å². The summed E-state index contributed by atoms with van der Waals surface area (Å²) in [4.78, 5) is 2.79. The van der Waals surface area contributed by atoms with Gasteiger partial charge in [-0.3, -0.25) is 0 Å². The first-order valence-electron chi connectivity index (χ1n) is 12.7. The number of benzene rings is 4. The van der Waals surface area contributed by atoms with Crippen molar-refractivity contribution in [3.05, 3.63) is 83.9 Å². The summed E-state index contributed by atoms with van der Waals surface area (Å²) in [5.41, 5.74) is 11.4. The van der Waals surface area contributed by atoms with Gasteiger partial charge in [-0.2, -0.15) is 0 Å². The highest BCUT2D eigenvalue weighted by Gasteiger charge is 2.40. The van der Waals surface area contributed by atoms with Gasteiger partial charge in [0, 0.05) is 37.2 Å². The van der Waals surface area contributed by atoms with E-state index in [2.05, 4.69) is 119 Å². The first-order valence-corrected chi connectivity index (χ1v) is 13.5. The van der Waals surface area contributed by atoms with Crippen LogP contribution in [0.2, 0.25) is 0 Å². The largest absolute Gasteiger partial charge is 0.375 e. The van der Waals surface area contributed by atoms with Gasteiger partial charge in [-0.1, -0.05) is 102 Å². The normalized spacial score (nSPS) is 14.4. The molecule has 3 heteroatoms. The van der Waals surface area contributed by atoms with Gasteiger partial charge in [0.25, 0.3) is 0 Å². The number of para-hydroxylation sites is 1. The van der Waals surface area contributed by atoms with E-state index in [9.17, 15) is 0 Å². The topological polar surface area (TPSA) is 4.93 Å². The molecule has 0 spiro atoms. The molecule has 0 unspecified atom stereocenters. The smallest absolute Gasteiger partial charge is 0.331 e. The molecule has 0 saturated carbocycles. The Morgan fingerprint density at radius 3 is 2.11 bits per heavy atom. The van der Waals surface area contributed by atoms with Crippen molar-refractivity contribution >= 4 is 51.3 Å². The molecule has 7 rings (SSSR count). The number of hydrogen-bond donors (Lipinski definition) is 0. The van der Waals surface area contributed by atoms with Crippen LogP contribution < -0.4 is 10.9 Å². The molecule has 0 saturated heterocycles. The van der Waals surface area contributed by atoms with Crippen molar-refractivity contribution in [3.63, 3.8) is 0 Å². The molecule has 0 atom stereocenters. The van der Waals surface area contributed by atoms with Crippen LogP contribution in [0.3, 0.4) is 0 Å². The average Bonchev–Trinajstić information content (AvgIpc) is 3.14. The lowest BCUT2D eigenvalue weighted by atomic mass is 9.47. The van der Waals surface area contributed by atoms with E-state index in [1.807, 2.05) is 11.8 Å². The van der Waals surface area contributed by atoms with Crippen LogP contribution in [0.15, 0.2) is 82.6 Å². The number of nitrogens with zero attached hydrogens (tertiary/aromatic N) is 1. The van der Waals surface area contributed by atoms with Crippen molar-refractivity contribution < 1.29 is 0 Å². The summed E-state index contributed by atoms with van der Waals surface area (Å²) in [5.74, 6) is 0. The molecule has 3 heterocycles. The zero-order valence-electron chi connectivity index (χ0n) is 21.4. The van der Waals surface area contributed by atoms with Crippen LogP contribution in [-0.4, -0.2) is 11.3 Å². The molecule has 172 valence electrons. The van der Waals surface area contributed by atoms with Gasteiger partial charge in [-0.25, -0.2) is 0 Å². The Kier molecular flexibility index (Phi) is 4.19. The molecule has 2 aliphatic heterocycles. The molecule has 1 aromatic heterocycles. The molecule has 0 fully saturated rings. The number of rotatable bonds is 0. The van der Waals surface area contributed by atoms with Crippen LogP contribution in [0, 0.1) is 0 Å². The third kappa shape index (κ3) is 2.91. The zero-order chi connectivity index (χ0) is 24.3. The molecule has 0 radical (unpaired) electrons. The van der Waals surface area contributed by atoms with Crippen molar-refractivity contribution in [2.45, 2.75) is 62.2 Å². The third-order valence-corrected chi connectivity index (χ3v) is 9.12. The molecule has 0 bridgehead atoms. The standard InChI is InChI=1S/C32H30BNS/c1-31(2,3)19-14-16-26-24(17-19)23-11-7-10-22-21-9-8-12-27-29(21)33(34(26)30(22)23)25-15-13-20(32(4,5)6)18-28(25)35-27/h7-18H,1-6H3. The molecule has 1 nitrogen and oxygen atoms in total. The van der Waals surface area contributed by atoms with Gasteiger partial charge in [-0.15, -0.1) is 0 Å². The number of hydrogen-bond acceptors (Lipinski definition) is 1. The zero-order valence-corrected chi connectivity index (χ0v) is 22.2. The van der Waals surface area contributed by atoms with Gasteiger partial charge in [0.2, 0.25) is 0 Å². The Morgan fingerprint density at radius 1 is 0.657 bits per heavy atom. The maximum atomic E-state index is 2.65. The second-order valence-corrected chi connectivity index (χ2v) is 13.4. The summed E-state index contributed by atoms with van der Waals surface area (Å²) in [7, 11) is 0. The molecular weight excluding hydrogens is 441 g/mol. The van der Waals surface area contributed by atoms with E-state index in [-0.39, 0.29) is 17.7 Å². The van der Waals surface area contributed by atoms with Crippen molar-refractivity contribution in [2.75, 3.05) is 0 Å². The van der Waals surface area contributed by atoms with E-state index in [1.165, 1.54) is 64.8 Å². The maximum absolute atomic E-state index is 2.65. The van der Waals surface area contributed by atoms with Crippen molar-refractivity contribution in [1.82, 2.24) is 4.48 Å². The minimum Gasteiger partial charge on any atom is -0.375 e. The Bertz CT molecular complexity index is 1690. The fourth-order valence-electron chi connectivity index (χ4n) is 6.06. The second-order valence-electron chi connectivity index (χ2n) is 12.3. The van der Waals surface area contributed by atoms with Crippen LogP contribution in [-0.2, 0) is 10.8 Å². The van der Waals surface area contributed by atoms with E-state index in [0.29, 0.717) is 0 Å². The van der Waals surface area contributed by atoms with Crippen LogP contribution in [0.1, 0.15) is 52.7 Å². The summed E-state index contributed by atoms with van der Waals surface area (Å²) in [6.45, 7) is 14.0. The summed E-state index contributed by atoms with van der Waals surface area (Å²) in [5, 5.41) is 2.74. The molecule has 0 aliphatic carbocycles. The van der Waals surface area contributed by atoms with Crippen molar-refractivity contribution in [3.8, 4) is 11.1 Å². The Morgan fingerprint density at radius 2 is 1.34 bits per heavy atom. The summed E-state index contributed by atoms with van der Waals surface area (Å²) in [6.07, 6.45) is 0. The lowest BCUT2D eigenvalue weighted by molar-refractivity contribution is 0.589. The van der Waals surface area contributed by atoms with Crippen LogP contribution in [0.4, 0.5) is 0 Å². The lowest BCUT2D eigenvalue weighted by Gasteiger charge is -2.34. The second kappa shape index (κ2) is 6.86. The van der Waals surface area contributed by atoms with E-state index in [1.54, 1.807) is 0 Å². The van der Waals surface area contributed by atoms with Crippen LogP contribution >= 0.6 is 11.8 Å². The Labute approximate surface area is 212 Å². The number of fused-ring (bicyclic) bond motifs is 7. The molecular formula is C32H30BNS. The molecule has 2 aliphatic rings. The van der Waals surface area contributed by atoms with Gasteiger partial charge in [0.15, 0.2) is 0 Å². The molecule has 0 N–H and O–H groups in total. The van der Waals surface area contributed by atoms with Crippen LogP contribution in [0.5, 0.6) is 0 Å². The molecule has 5 aromatic rings. The van der Waals surface area contributed by atoms with Gasteiger partial charge in [0.05, 0.1) is 0 Å². The minimum absolute atomic E-state index is 0.119. The van der Waals surface area contributed by atoms with Gasteiger partial charge in [-0.05, 0) is 62.7 Å². The summed E-state index contributed by atoms with van der Waals surface area (Å²) in [6, 6.07) is 28.1. The molecule has 35 heavy (non-hydrogen) atoms. The lowest BCUT2D eigenvalue weighted by Crippen LogP contribution is -2.54. The summed E-state index contributed by atoms with van der Waals surface area (Å²) >= 11 is 1.94. The SMILES string of the molecule is CC(C)(C)c1ccc2c(c1)Sc1cccc3c1B2n1c2ccc(C(C)(C)C)cc2c2cccc-3c21. The van der Waals surface area contributed by atoms with E-state index >= 15 is 0 Å². The van der Waals surface area contributed by atoms with Crippen molar-refractivity contribution in [2.24, 2.45) is 0 Å². The predicted octanol–water partition coefficient (Wildman–Crippen LogP) is 7.49. The highest BCUT2D eigenvalue weighted by molar-refractivity contribution is 8.00. The summed E-state index contributed by atoms with van der Waals surface area (Å²) < 4.78 is 2.65. The fraction of sp³-hybridized carbons (Fsp3) is 0.250. The van der Waals surface area contributed by atoms with Crippen LogP contribution in [0.25, 0.3) is 32.9 Å². The molecule has 4 aromatic carbocycles. The Balaban J connectivity index is 1.61. The number of aromatic nitrogens is 1. The monoisotopic (exact) mass is 471 g/mol. The molecule has 0 amide bonds. The minimum atomic E-state index is 0.119. The average molecular weight is 471 g/mol. The third-order valence-electron chi connectivity index (χ3n) is 7.97. The first kappa shape index (κ1) is 21.4. The first-order chi connectivity index (χ1) is 16.6. The maximum Gasteiger partial charge on any atom is 0.331 e.